The Morgan fingerprint density at radius 3 is 3.08 bits per heavy atom. The molecule has 2 atom stereocenters. The number of hydrogen-bond acceptors (Lipinski definition) is 5. The number of carbonyl (C=O) groups is 1. The van der Waals surface area contributed by atoms with E-state index in [1.165, 1.54) is 4.70 Å². The highest BCUT2D eigenvalue weighted by Crippen LogP contribution is 2.36. The molecule has 1 aromatic heterocycles. The number of thiazole rings is 1. The molecule has 2 aromatic rings. The topological polar surface area (TPSA) is 54.5 Å². The monoisotopic (exact) mass is 345 g/mol. The van der Waals surface area contributed by atoms with Gasteiger partial charge in [-0.3, -0.25) is 9.69 Å². The summed E-state index contributed by atoms with van der Waals surface area (Å²) in [6, 6.07) is 8.52. The minimum absolute atomic E-state index is 0.0958. The molecule has 0 radical (unpaired) electrons. The lowest BCUT2D eigenvalue weighted by Gasteiger charge is -2.22. The third-order valence-corrected chi connectivity index (χ3v) is 5.99. The largest absolute Gasteiger partial charge is 0.376 e. The van der Waals surface area contributed by atoms with Crippen molar-refractivity contribution < 1.29 is 9.53 Å². The van der Waals surface area contributed by atoms with Gasteiger partial charge < -0.3 is 10.1 Å². The zero-order valence-corrected chi connectivity index (χ0v) is 14.6. The maximum atomic E-state index is 12.3. The standard InChI is InChI=1S/C18H23N3O2S/c22-17(19-11-13-5-4-10-23-13)12-21-9-3-7-15(21)18-20-14-6-1-2-8-16(14)24-18/h1-2,6,8,13,15H,3-5,7,9-12H2,(H,19,22). The molecular formula is C18H23N3O2S. The number of nitrogens with zero attached hydrogens (tertiary/aromatic N) is 2. The lowest BCUT2D eigenvalue weighted by Crippen LogP contribution is -2.39. The third-order valence-electron chi connectivity index (χ3n) is 4.86. The van der Waals surface area contributed by atoms with Crippen LogP contribution in [0.5, 0.6) is 0 Å². The second-order valence-electron chi connectivity index (χ2n) is 6.59. The Morgan fingerprint density at radius 1 is 1.33 bits per heavy atom. The van der Waals surface area contributed by atoms with Crippen molar-refractivity contribution in [3.05, 3.63) is 29.3 Å². The average molecular weight is 345 g/mol. The number of carbonyl (C=O) groups excluding carboxylic acids is 1. The molecule has 2 saturated heterocycles. The van der Waals surface area contributed by atoms with E-state index in [0.29, 0.717) is 13.1 Å². The van der Waals surface area contributed by atoms with Crippen molar-refractivity contribution in [3.63, 3.8) is 0 Å². The molecule has 24 heavy (non-hydrogen) atoms. The van der Waals surface area contributed by atoms with Gasteiger partial charge in [0, 0.05) is 13.2 Å². The number of amides is 1. The first-order valence-electron chi connectivity index (χ1n) is 8.77. The van der Waals surface area contributed by atoms with E-state index in [4.69, 9.17) is 9.72 Å². The Labute approximate surface area is 146 Å². The van der Waals surface area contributed by atoms with E-state index in [0.717, 1.165) is 49.4 Å². The van der Waals surface area contributed by atoms with Crippen LogP contribution in [0.3, 0.4) is 0 Å². The molecule has 2 unspecified atom stereocenters. The summed E-state index contributed by atoms with van der Waals surface area (Å²) < 4.78 is 6.79. The minimum Gasteiger partial charge on any atom is -0.376 e. The fraction of sp³-hybridized carbons (Fsp3) is 0.556. The Kier molecular flexibility index (Phi) is 4.78. The molecule has 0 spiro atoms. The van der Waals surface area contributed by atoms with Crippen LogP contribution in [0.25, 0.3) is 10.2 Å². The Balaban J connectivity index is 1.38. The molecule has 1 N–H and O–H groups in total. The van der Waals surface area contributed by atoms with Crippen LogP contribution >= 0.6 is 11.3 Å². The molecule has 3 heterocycles. The number of hydrogen-bond donors (Lipinski definition) is 1. The van der Waals surface area contributed by atoms with E-state index >= 15 is 0 Å². The van der Waals surface area contributed by atoms with Gasteiger partial charge in [-0.15, -0.1) is 11.3 Å². The molecule has 4 rings (SSSR count). The van der Waals surface area contributed by atoms with Gasteiger partial charge in [0.1, 0.15) is 5.01 Å². The highest BCUT2D eigenvalue weighted by Gasteiger charge is 2.30. The minimum atomic E-state index is 0.0958. The van der Waals surface area contributed by atoms with Gasteiger partial charge >= 0.3 is 0 Å². The maximum absolute atomic E-state index is 12.3. The number of ether oxygens (including phenoxy) is 1. The van der Waals surface area contributed by atoms with Gasteiger partial charge in [-0.2, -0.15) is 0 Å². The van der Waals surface area contributed by atoms with Gasteiger partial charge in [-0.05, 0) is 44.4 Å². The summed E-state index contributed by atoms with van der Waals surface area (Å²) in [5.41, 5.74) is 1.06. The van der Waals surface area contributed by atoms with E-state index in [9.17, 15) is 4.79 Å². The fourth-order valence-electron chi connectivity index (χ4n) is 3.60. The number of benzene rings is 1. The van der Waals surface area contributed by atoms with E-state index in [1.807, 2.05) is 6.07 Å². The normalized spacial score (nSPS) is 24.7. The molecule has 0 aliphatic carbocycles. The molecule has 2 aliphatic rings. The van der Waals surface area contributed by atoms with Gasteiger partial charge in [0.2, 0.25) is 5.91 Å². The second-order valence-corrected chi connectivity index (χ2v) is 7.65. The molecule has 0 bridgehead atoms. The first-order valence-corrected chi connectivity index (χ1v) is 9.59. The summed E-state index contributed by atoms with van der Waals surface area (Å²) >= 11 is 1.75. The number of likely N-dealkylation sites (tertiary alicyclic amines) is 1. The Morgan fingerprint density at radius 2 is 2.25 bits per heavy atom. The predicted octanol–water partition coefficient (Wildman–Crippen LogP) is 2.73. The van der Waals surface area contributed by atoms with E-state index in [-0.39, 0.29) is 18.1 Å². The molecule has 2 aliphatic heterocycles. The van der Waals surface area contributed by atoms with Crippen molar-refractivity contribution in [1.82, 2.24) is 15.2 Å². The van der Waals surface area contributed by atoms with E-state index < -0.39 is 0 Å². The quantitative estimate of drug-likeness (QED) is 0.905. The van der Waals surface area contributed by atoms with Crippen molar-refractivity contribution >= 4 is 27.5 Å². The van der Waals surface area contributed by atoms with E-state index in [1.54, 1.807) is 11.3 Å². The van der Waals surface area contributed by atoms with E-state index in [2.05, 4.69) is 28.4 Å². The molecule has 1 aromatic carbocycles. The van der Waals surface area contributed by atoms with Crippen LogP contribution in [0.4, 0.5) is 0 Å². The van der Waals surface area contributed by atoms with Crippen LogP contribution in [0.1, 0.15) is 36.7 Å². The summed E-state index contributed by atoms with van der Waals surface area (Å²) in [6.07, 6.45) is 4.57. The van der Waals surface area contributed by atoms with Crippen LogP contribution < -0.4 is 5.32 Å². The maximum Gasteiger partial charge on any atom is 0.234 e. The number of rotatable bonds is 5. The predicted molar refractivity (Wildman–Crippen MR) is 95.2 cm³/mol. The molecule has 6 heteroatoms. The Bertz CT molecular complexity index is 678. The highest BCUT2D eigenvalue weighted by molar-refractivity contribution is 7.18. The smallest absolute Gasteiger partial charge is 0.234 e. The summed E-state index contributed by atoms with van der Waals surface area (Å²) in [7, 11) is 0. The first-order chi connectivity index (χ1) is 11.8. The van der Waals surface area contributed by atoms with Crippen molar-refractivity contribution in [2.75, 3.05) is 26.2 Å². The molecule has 128 valence electrons. The van der Waals surface area contributed by atoms with Gasteiger partial charge in [-0.25, -0.2) is 4.98 Å². The van der Waals surface area contributed by atoms with Crippen LogP contribution in [-0.2, 0) is 9.53 Å². The van der Waals surface area contributed by atoms with Crippen molar-refractivity contribution in [3.8, 4) is 0 Å². The molecule has 5 nitrogen and oxygen atoms in total. The van der Waals surface area contributed by atoms with Crippen LogP contribution in [-0.4, -0.2) is 48.1 Å². The fourth-order valence-corrected chi connectivity index (χ4v) is 4.74. The summed E-state index contributed by atoms with van der Waals surface area (Å²) in [4.78, 5) is 19.3. The van der Waals surface area contributed by atoms with Crippen molar-refractivity contribution in [1.29, 1.82) is 0 Å². The summed E-state index contributed by atoms with van der Waals surface area (Å²) in [5, 5.41) is 4.17. The SMILES string of the molecule is O=C(CN1CCCC1c1nc2ccccc2s1)NCC1CCCO1. The zero-order chi connectivity index (χ0) is 16.4. The lowest BCUT2D eigenvalue weighted by atomic mass is 10.2. The van der Waals surface area contributed by atoms with Gasteiger partial charge in [-0.1, -0.05) is 12.1 Å². The lowest BCUT2D eigenvalue weighted by molar-refractivity contribution is -0.123. The van der Waals surface area contributed by atoms with Crippen molar-refractivity contribution in [2.24, 2.45) is 0 Å². The molecular weight excluding hydrogens is 322 g/mol. The van der Waals surface area contributed by atoms with Gasteiger partial charge in [0.15, 0.2) is 0 Å². The van der Waals surface area contributed by atoms with Crippen LogP contribution in [0.15, 0.2) is 24.3 Å². The van der Waals surface area contributed by atoms with Gasteiger partial charge in [0.05, 0.1) is 28.9 Å². The van der Waals surface area contributed by atoms with Gasteiger partial charge in [0.25, 0.3) is 0 Å². The Hall–Kier alpha value is -1.50. The number of nitrogens with one attached hydrogen (secondary N) is 1. The number of fused-ring (bicyclic) bond motifs is 1. The van der Waals surface area contributed by atoms with Crippen molar-refractivity contribution in [2.45, 2.75) is 37.8 Å². The first kappa shape index (κ1) is 16.0. The van der Waals surface area contributed by atoms with Crippen LogP contribution in [0, 0.1) is 0 Å². The summed E-state index contributed by atoms with van der Waals surface area (Å²) in [6.45, 7) is 2.88. The molecule has 0 saturated carbocycles. The van der Waals surface area contributed by atoms with Crippen LogP contribution in [0.2, 0.25) is 0 Å². The third kappa shape index (κ3) is 3.45. The summed E-state index contributed by atoms with van der Waals surface area (Å²) in [5.74, 6) is 0.0958. The zero-order valence-electron chi connectivity index (χ0n) is 13.7. The number of aromatic nitrogens is 1. The average Bonchev–Trinajstić information content (AvgIpc) is 3.32. The number of para-hydroxylation sites is 1. The molecule has 1 amide bonds. The molecule has 2 fully saturated rings. The second kappa shape index (κ2) is 7.17. The highest BCUT2D eigenvalue weighted by atomic mass is 32.1.